The lowest BCUT2D eigenvalue weighted by Crippen LogP contribution is -2.12. The summed E-state index contributed by atoms with van der Waals surface area (Å²) < 4.78 is 6.71. The topological polar surface area (TPSA) is 48.3 Å². The van der Waals surface area contributed by atoms with Gasteiger partial charge in [-0.2, -0.15) is 0 Å². The van der Waals surface area contributed by atoms with E-state index in [1.807, 2.05) is 19.1 Å². The number of hydrogen-bond acceptors (Lipinski definition) is 4. The first-order chi connectivity index (χ1) is 10.5. The number of hydrogen-bond donors (Lipinski definition) is 0. The van der Waals surface area contributed by atoms with E-state index in [0.717, 1.165) is 5.56 Å². The normalized spacial score (nSPS) is 16.7. The number of fused-ring (bicyclic) bond motifs is 1. The molecule has 1 atom stereocenters. The van der Waals surface area contributed by atoms with Gasteiger partial charge in [0.05, 0.1) is 22.4 Å². The highest BCUT2D eigenvalue weighted by Gasteiger charge is 2.35. The molecule has 0 fully saturated rings. The average Bonchev–Trinajstić information content (AvgIpc) is 2.98. The van der Waals surface area contributed by atoms with Gasteiger partial charge in [0.1, 0.15) is 0 Å². The SMILES string of the molecule is CCOC(=O)c1c(-c2ccc(Cl)cc2)cn2c1S[C@H](C)C2=O. The van der Waals surface area contributed by atoms with Crippen LogP contribution in [0.15, 0.2) is 35.5 Å². The van der Waals surface area contributed by atoms with Gasteiger partial charge in [-0.05, 0) is 31.5 Å². The van der Waals surface area contributed by atoms with Gasteiger partial charge in [-0.15, -0.1) is 0 Å². The van der Waals surface area contributed by atoms with Crippen LogP contribution in [0, 0.1) is 0 Å². The molecule has 2 heterocycles. The van der Waals surface area contributed by atoms with Gasteiger partial charge in [0.2, 0.25) is 5.91 Å². The number of thioether (sulfide) groups is 1. The lowest BCUT2D eigenvalue weighted by Gasteiger charge is -2.06. The molecular formula is C16H14ClNO3S. The summed E-state index contributed by atoms with van der Waals surface area (Å²) in [5, 5.41) is 1.08. The molecule has 1 aromatic heterocycles. The number of carbonyl (C=O) groups is 2. The molecule has 0 radical (unpaired) electrons. The summed E-state index contributed by atoms with van der Waals surface area (Å²) in [5.74, 6) is -0.429. The van der Waals surface area contributed by atoms with E-state index in [1.54, 1.807) is 29.8 Å². The lowest BCUT2D eigenvalue weighted by atomic mass is 10.1. The summed E-state index contributed by atoms with van der Waals surface area (Å²) in [6.45, 7) is 3.88. The molecule has 0 spiro atoms. The van der Waals surface area contributed by atoms with E-state index >= 15 is 0 Å². The number of esters is 1. The first-order valence-corrected chi connectivity index (χ1v) is 8.18. The van der Waals surface area contributed by atoms with Crippen LogP contribution in [-0.4, -0.2) is 28.3 Å². The Labute approximate surface area is 137 Å². The molecule has 0 saturated carbocycles. The fourth-order valence-electron chi connectivity index (χ4n) is 2.43. The molecule has 4 nitrogen and oxygen atoms in total. The maximum Gasteiger partial charge on any atom is 0.341 e. The Kier molecular flexibility index (Phi) is 4.02. The molecule has 0 unspecified atom stereocenters. The Morgan fingerprint density at radius 2 is 2.05 bits per heavy atom. The molecule has 0 N–H and O–H groups in total. The molecule has 1 aliphatic heterocycles. The summed E-state index contributed by atoms with van der Waals surface area (Å²) in [4.78, 5) is 24.6. The smallest absolute Gasteiger partial charge is 0.341 e. The minimum Gasteiger partial charge on any atom is -0.462 e. The average molecular weight is 336 g/mol. The Morgan fingerprint density at radius 3 is 2.68 bits per heavy atom. The Hall–Kier alpha value is -1.72. The molecule has 0 amide bonds. The minimum atomic E-state index is -0.407. The number of carbonyl (C=O) groups excluding carboxylic acids is 2. The van der Waals surface area contributed by atoms with E-state index < -0.39 is 5.97 Å². The van der Waals surface area contributed by atoms with Crippen molar-refractivity contribution in [1.29, 1.82) is 0 Å². The monoisotopic (exact) mass is 335 g/mol. The fraction of sp³-hybridized carbons (Fsp3) is 0.250. The van der Waals surface area contributed by atoms with Crippen LogP contribution in [0.1, 0.15) is 29.0 Å². The molecule has 6 heteroatoms. The molecular weight excluding hydrogens is 322 g/mol. The van der Waals surface area contributed by atoms with Gasteiger partial charge in [-0.25, -0.2) is 4.79 Å². The lowest BCUT2D eigenvalue weighted by molar-refractivity contribution is 0.0523. The second-order valence-electron chi connectivity index (χ2n) is 4.92. The maximum absolute atomic E-state index is 12.4. The van der Waals surface area contributed by atoms with Crippen LogP contribution in [0.4, 0.5) is 0 Å². The number of rotatable bonds is 3. The summed E-state index contributed by atoms with van der Waals surface area (Å²) in [6, 6.07) is 7.17. The van der Waals surface area contributed by atoms with E-state index in [2.05, 4.69) is 0 Å². The summed E-state index contributed by atoms with van der Waals surface area (Å²) in [5.41, 5.74) is 1.97. The van der Waals surface area contributed by atoms with Crippen molar-refractivity contribution in [3.8, 4) is 11.1 Å². The number of halogens is 1. The molecule has 0 saturated heterocycles. The van der Waals surface area contributed by atoms with Crippen molar-refractivity contribution < 1.29 is 14.3 Å². The first kappa shape index (κ1) is 15.2. The van der Waals surface area contributed by atoms with Crippen LogP contribution in [0.3, 0.4) is 0 Å². The molecule has 0 bridgehead atoms. The van der Waals surface area contributed by atoms with E-state index in [0.29, 0.717) is 21.2 Å². The third-order valence-electron chi connectivity index (χ3n) is 3.47. The van der Waals surface area contributed by atoms with Crippen LogP contribution in [0.25, 0.3) is 11.1 Å². The maximum atomic E-state index is 12.4. The van der Waals surface area contributed by atoms with Crippen molar-refractivity contribution in [1.82, 2.24) is 4.57 Å². The minimum absolute atomic E-state index is 0.0224. The summed E-state index contributed by atoms with van der Waals surface area (Å²) in [7, 11) is 0. The Balaban J connectivity index is 2.16. The van der Waals surface area contributed by atoms with Crippen molar-refractivity contribution in [2.75, 3.05) is 6.61 Å². The molecule has 3 rings (SSSR count). The van der Waals surface area contributed by atoms with Crippen molar-refractivity contribution >= 4 is 35.2 Å². The molecule has 2 aromatic rings. The van der Waals surface area contributed by atoms with Gasteiger partial charge < -0.3 is 4.74 Å². The second-order valence-corrected chi connectivity index (χ2v) is 6.68. The fourth-order valence-corrected chi connectivity index (χ4v) is 3.67. The highest BCUT2D eigenvalue weighted by Crippen LogP contribution is 2.41. The van der Waals surface area contributed by atoms with E-state index in [1.165, 1.54) is 11.8 Å². The van der Waals surface area contributed by atoms with Gasteiger partial charge in [0.25, 0.3) is 0 Å². The highest BCUT2D eigenvalue weighted by atomic mass is 35.5. The second kappa shape index (κ2) is 5.82. The van der Waals surface area contributed by atoms with E-state index in [-0.39, 0.29) is 17.8 Å². The quantitative estimate of drug-likeness (QED) is 0.792. The van der Waals surface area contributed by atoms with Crippen LogP contribution in [0.5, 0.6) is 0 Å². The zero-order chi connectivity index (χ0) is 15.9. The van der Waals surface area contributed by atoms with Gasteiger partial charge in [-0.3, -0.25) is 9.36 Å². The molecule has 1 aliphatic rings. The first-order valence-electron chi connectivity index (χ1n) is 6.92. The Morgan fingerprint density at radius 1 is 1.36 bits per heavy atom. The number of ether oxygens (including phenoxy) is 1. The van der Waals surface area contributed by atoms with Crippen LogP contribution >= 0.6 is 23.4 Å². The standard InChI is InChI=1S/C16H14ClNO3S/c1-3-21-16(20)13-12(10-4-6-11(17)7-5-10)8-18-14(19)9(2)22-15(13)18/h4-9H,3H2,1-2H3/t9-/m1/s1. The molecule has 0 aliphatic carbocycles. The van der Waals surface area contributed by atoms with Crippen molar-refractivity contribution in [2.45, 2.75) is 24.1 Å². The predicted molar refractivity (Wildman–Crippen MR) is 86.8 cm³/mol. The van der Waals surface area contributed by atoms with E-state index in [9.17, 15) is 9.59 Å². The Bertz CT molecular complexity index is 751. The van der Waals surface area contributed by atoms with Gasteiger partial charge in [0, 0.05) is 16.8 Å². The summed E-state index contributed by atoms with van der Waals surface area (Å²) >= 11 is 7.30. The van der Waals surface area contributed by atoms with Gasteiger partial charge >= 0.3 is 5.97 Å². The molecule has 22 heavy (non-hydrogen) atoms. The summed E-state index contributed by atoms with van der Waals surface area (Å²) in [6.07, 6.45) is 1.71. The van der Waals surface area contributed by atoms with Crippen LogP contribution in [0.2, 0.25) is 5.02 Å². The molecule has 114 valence electrons. The zero-order valence-electron chi connectivity index (χ0n) is 12.1. The number of benzene rings is 1. The van der Waals surface area contributed by atoms with Crippen molar-refractivity contribution in [3.05, 3.63) is 41.0 Å². The third kappa shape index (κ3) is 2.44. The van der Waals surface area contributed by atoms with Gasteiger partial charge in [-0.1, -0.05) is 35.5 Å². The van der Waals surface area contributed by atoms with Crippen molar-refractivity contribution in [2.24, 2.45) is 0 Å². The van der Waals surface area contributed by atoms with E-state index in [4.69, 9.17) is 16.3 Å². The van der Waals surface area contributed by atoms with Gasteiger partial charge in [0.15, 0.2) is 0 Å². The predicted octanol–water partition coefficient (Wildman–Crippen LogP) is 4.12. The van der Waals surface area contributed by atoms with Crippen LogP contribution in [-0.2, 0) is 4.74 Å². The number of aromatic nitrogens is 1. The van der Waals surface area contributed by atoms with Crippen molar-refractivity contribution in [3.63, 3.8) is 0 Å². The van der Waals surface area contributed by atoms with Crippen LogP contribution < -0.4 is 0 Å². The highest BCUT2D eigenvalue weighted by molar-refractivity contribution is 8.01. The number of nitrogens with zero attached hydrogens (tertiary/aromatic N) is 1. The zero-order valence-corrected chi connectivity index (χ0v) is 13.7. The largest absolute Gasteiger partial charge is 0.462 e. The third-order valence-corrected chi connectivity index (χ3v) is 4.90. The molecule has 1 aromatic carbocycles.